The third-order valence-corrected chi connectivity index (χ3v) is 4.39. The van der Waals surface area contributed by atoms with Crippen molar-refractivity contribution in [3.8, 4) is 0 Å². The molecule has 1 aromatic carbocycles. The molecule has 0 radical (unpaired) electrons. The van der Waals surface area contributed by atoms with Crippen LogP contribution in [0.5, 0.6) is 0 Å². The number of hydrogen-bond acceptors (Lipinski definition) is 6. The van der Waals surface area contributed by atoms with Gasteiger partial charge in [-0.15, -0.1) is 0 Å². The molecule has 154 valence electrons. The van der Waals surface area contributed by atoms with Gasteiger partial charge in [-0.2, -0.15) is 0 Å². The molecule has 28 heavy (non-hydrogen) atoms. The molecule has 2 rings (SSSR count). The summed E-state index contributed by atoms with van der Waals surface area (Å²) in [6, 6.07) is 3.20. The number of aromatic carboxylic acids is 1. The fourth-order valence-electron chi connectivity index (χ4n) is 2.73. The molecular weight excluding hydrogens is 388 g/mol. The van der Waals surface area contributed by atoms with Gasteiger partial charge in [-0.3, -0.25) is 4.79 Å². The Morgan fingerprint density at radius 2 is 1.89 bits per heavy atom. The summed E-state index contributed by atoms with van der Waals surface area (Å²) >= 11 is 6.35. The highest BCUT2D eigenvalue weighted by Gasteiger charge is 2.17. The second kappa shape index (κ2) is 10.4. The van der Waals surface area contributed by atoms with Crippen LogP contribution in [0.2, 0.25) is 5.02 Å². The van der Waals surface area contributed by atoms with Crippen LogP contribution in [0, 0.1) is 0 Å². The molecule has 0 atom stereocenters. The molecule has 0 aliphatic heterocycles. The number of nitrogens with one attached hydrogen (secondary N) is 1. The minimum absolute atomic E-state index is 0.0237. The van der Waals surface area contributed by atoms with Gasteiger partial charge >= 0.3 is 5.97 Å². The van der Waals surface area contributed by atoms with Gasteiger partial charge in [-0.05, 0) is 26.0 Å². The molecule has 0 bridgehead atoms. The van der Waals surface area contributed by atoms with Gasteiger partial charge in [0, 0.05) is 24.2 Å². The van der Waals surface area contributed by atoms with Crippen molar-refractivity contribution in [3.05, 3.63) is 39.1 Å². The van der Waals surface area contributed by atoms with Gasteiger partial charge < -0.3 is 29.6 Å². The summed E-state index contributed by atoms with van der Waals surface area (Å²) in [7, 11) is 0. The molecule has 1 heterocycles. The maximum Gasteiger partial charge on any atom is 0.341 e. The summed E-state index contributed by atoms with van der Waals surface area (Å²) in [5.74, 6) is -1.26. The van der Waals surface area contributed by atoms with Gasteiger partial charge in [0.1, 0.15) is 5.56 Å². The average Bonchev–Trinajstić information content (AvgIpc) is 2.64. The van der Waals surface area contributed by atoms with Crippen LogP contribution in [0.25, 0.3) is 10.9 Å². The number of fused-ring (bicyclic) bond motifs is 1. The Bertz CT molecular complexity index is 881. The molecule has 0 saturated heterocycles. The maximum atomic E-state index is 12.6. The monoisotopic (exact) mass is 412 g/mol. The Balaban J connectivity index is 2.17. The molecule has 0 amide bonds. The van der Waals surface area contributed by atoms with E-state index in [1.165, 1.54) is 6.20 Å². The third-order valence-electron chi connectivity index (χ3n) is 4.08. The van der Waals surface area contributed by atoms with Crippen molar-refractivity contribution in [2.75, 3.05) is 44.9 Å². The van der Waals surface area contributed by atoms with E-state index >= 15 is 0 Å². The Morgan fingerprint density at radius 3 is 2.50 bits per heavy atom. The van der Waals surface area contributed by atoms with E-state index in [0.29, 0.717) is 48.0 Å². The van der Waals surface area contributed by atoms with Crippen molar-refractivity contribution in [2.45, 2.75) is 19.9 Å². The first-order valence-electron chi connectivity index (χ1n) is 8.98. The van der Waals surface area contributed by atoms with E-state index in [-0.39, 0.29) is 24.8 Å². The smallest absolute Gasteiger partial charge is 0.341 e. The first kappa shape index (κ1) is 22.2. The van der Waals surface area contributed by atoms with Crippen molar-refractivity contribution < 1.29 is 24.5 Å². The standard InChI is InChI=1S/C19H25ClN2O6/c1-12(2)22-11-14(19(25)26)18(24)13-9-16(15(20)10-17(13)22)21-3-5-27-7-8-28-6-4-23/h9-12,21,23H,3-8H2,1-2H3,(H,25,26). The molecule has 0 aliphatic rings. The lowest BCUT2D eigenvalue weighted by Gasteiger charge is -2.17. The van der Waals surface area contributed by atoms with Crippen LogP contribution in [0.4, 0.5) is 5.69 Å². The van der Waals surface area contributed by atoms with Gasteiger partial charge in [0.25, 0.3) is 0 Å². The van der Waals surface area contributed by atoms with Gasteiger partial charge in [0.15, 0.2) is 0 Å². The van der Waals surface area contributed by atoms with Crippen LogP contribution in [-0.4, -0.2) is 60.3 Å². The largest absolute Gasteiger partial charge is 0.477 e. The zero-order valence-corrected chi connectivity index (χ0v) is 16.7. The summed E-state index contributed by atoms with van der Waals surface area (Å²) < 4.78 is 12.2. The van der Waals surface area contributed by atoms with Gasteiger partial charge in [0.2, 0.25) is 5.43 Å². The highest BCUT2D eigenvalue weighted by Crippen LogP contribution is 2.28. The Morgan fingerprint density at radius 1 is 1.21 bits per heavy atom. The summed E-state index contributed by atoms with van der Waals surface area (Å²) in [5.41, 5.74) is 0.291. The minimum atomic E-state index is -1.26. The zero-order valence-electron chi connectivity index (χ0n) is 15.9. The normalized spacial score (nSPS) is 11.3. The fraction of sp³-hybridized carbons (Fsp3) is 0.474. The molecule has 9 heteroatoms. The van der Waals surface area contributed by atoms with Crippen molar-refractivity contribution in [3.63, 3.8) is 0 Å². The van der Waals surface area contributed by atoms with E-state index < -0.39 is 11.4 Å². The Labute approximate surface area is 167 Å². The molecule has 1 aromatic heterocycles. The van der Waals surface area contributed by atoms with Gasteiger partial charge in [-0.25, -0.2) is 4.79 Å². The zero-order chi connectivity index (χ0) is 20.7. The molecule has 8 nitrogen and oxygen atoms in total. The van der Waals surface area contributed by atoms with E-state index in [9.17, 15) is 14.7 Å². The predicted octanol–water partition coefficient (Wildman–Crippen LogP) is 2.37. The molecule has 0 saturated carbocycles. The number of aliphatic hydroxyl groups is 1. The second-order valence-corrected chi connectivity index (χ2v) is 6.81. The van der Waals surface area contributed by atoms with Gasteiger partial charge in [-0.1, -0.05) is 11.6 Å². The number of carboxylic acid groups (broad SMARTS) is 1. The molecule has 0 unspecified atom stereocenters. The first-order chi connectivity index (χ1) is 13.4. The Hall–Kier alpha value is -2.13. The third kappa shape index (κ3) is 5.45. The number of aliphatic hydroxyl groups excluding tert-OH is 1. The SMILES string of the molecule is CC(C)n1cc(C(=O)O)c(=O)c2cc(NCCOCCOCCO)c(Cl)cc21. The number of rotatable bonds is 11. The molecule has 0 fully saturated rings. The van der Waals surface area contributed by atoms with Crippen LogP contribution < -0.4 is 10.7 Å². The fourth-order valence-corrected chi connectivity index (χ4v) is 2.95. The molecule has 0 aliphatic carbocycles. The van der Waals surface area contributed by atoms with E-state index in [1.54, 1.807) is 16.7 Å². The van der Waals surface area contributed by atoms with Crippen molar-refractivity contribution in [1.29, 1.82) is 0 Å². The number of halogens is 1. The number of aromatic nitrogens is 1. The van der Waals surface area contributed by atoms with Gasteiger partial charge in [0.05, 0.1) is 49.3 Å². The Kier molecular flexibility index (Phi) is 8.25. The van der Waals surface area contributed by atoms with Crippen LogP contribution >= 0.6 is 11.6 Å². The summed E-state index contributed by atoms with van der Waals surface area (Å²) in [6.07, 6.45) is 1.35. The van der Waals surface area contributed by atoms with Crippen LogP contribution in [0.1, 0.15) is 30.2 Å². The van der Waals surface area contributed by atoms with E-state index in [4.69, 9.17) is 26.2 Å². The number of pyridine rings is 1. The van der Waals surface area contributed by atoms with E-state index in [0.717, 1.165) is 0 Å². The number of carbonyl (C=O) groups is 1. The first-order valence-corrected chi connectivity index (χ1v) is 9.36. The highest BCUT2D eigenvalue weighted by molar-refractivity contribution is 6.34. The number of nitrogens with zero attached hydrogens (tertiary/aromatic N) is 1. The number of carboxylic acids is 1. The lowest BCUT2D eigenvalue weighted by Crippen LogP contribution is -2.20. The molecule has 2 aromatic rings. The second-order valence-electron chi connectivity index (χ2n) is 6.40. The van der Waals surface area contributed by atoms with Crippen LogP contribution in [-0.2, 0) is 9.47 Å². The predicted molar refractivity (Wildman–Crippen MR) is 108 cm³/mol. The lowest BCUT2D eigenvalue weighted by molar-refractivity contribution is 0.0361. The topological polar surface area (TPSA) is 110 Å². The summed E-state index contributed by atoms with van der Waals surface area (Å²) in [4.78, 5) is 24.0. The van der Waals surface area contributed by atoms with Crippen molar-refractivity contribution >= 4 is 34.2 Å². The number of benzene rings is 1. The summed E-state index contributed by atoms with van der Waals surface area (Å²) in [5, 5.41) is 21.8. The number of hydrogen-bond donors (Lipinski definition) is 3. The summed E-state index contributed by atoms with van der Waals surface area (Å²) in [6.45, 7) is 5.68. The van der Waals surface area contributed by atoms with Crippen molar-refractivity contribution in [1.82, 2.24) is 4.57 Å². The lowest BCUT2D eigenvalue weighted by atomic mass is 10.1. The maximum absolute atomic E-state index is 12.6. The average molecular weight is 413 g/mol. The van der Waals surface area contributed by atoms with Crippen molar-refractivity contribution in [2.24, 2.45) is 0 Å². The number of anilines is 1. The van der Waals surface area contributed by atoms with Crippen LogP contribution in [0.3, 0.4) is 0 Å². The molecule has 0 spiro atoms. The van der Waals surface area contributed by atoms with Crippen LogP contribution in [0.15, 0.2) is 23.1 Å². The minimum Gasteiger partial charge on any atom is -0.477 e. The molecule has 3 N–H and O–H groups in total. The van der Waals surface area contributed by atoms with E-state index in [1.807, 2.05) is 13.8 Å². The quantitative estimate of drug-likeness (QED) is 0.486. The van der Waals surface area contributed by atoms with E-state index in [2.05, 4.69) is 5.32 Å². The number of ether oxygens (including phenoxy) is 2. The molecular formula is C19H25ClN2O6. The highest BCUT2D eigenvalue weighted by atomic mass is 35.5.